The maximum Gasteiger partial charge on any atom is 0.277 e. The van der Waals surface area contributed by atoms with Crippen LogP contribution >= 0.6 is 11.6 Å². The highest BCUT2D eigenvalue weighted by atomic mass is 35.5. The van der Waals surface area contributed by atoms with Gasteiger partial charge in [0.15, 0.2) is 22.5 Å². The minimum atomic E-state index is -0.437. The van der Waals surface area contributed by atoms with Crippen LogP contribution in [0.25, 0.3) is 16.7 Å². The zero-order valence-corrected chi connectivity index (χ0v) is 22.6. The van der Waals surface area contributed by atoms with Gasteiger partial charge >= 0.3 is 0 Å². The number of rotatable bonds is 9. The Bertz CT molecular complexity index is 1360. The van der Waals surface area contributed by atoms with Crippen molar-refractivity contribution in [3.63, 3.8) is 0 Å². The molecule has 1 aromatic carbocycles. The van der Waals surface area contributed by atoms with Crippen LogP contribution in [0.5, 0.6) is 0 Å². The Hall–Kier alpha value is -3.70. The summed E-state index contributed by atoms with van der Waals surface area (Å²) in [6.45, 7) is 11.9. The number of carbonyl (C=O) groups excluding carboxylic acids is 2. The Labute approximate surface area is 226 Å². The van der Waals surface area contributed by atoms with Gasteiger partial charge in [0.1, 0.15) is 11.7 Å². The lowest BCUT2D eigenvalue weighted by molar-refractivity contribution is -0.676. The molecule has 3 aromatic rings. The largest absolute Gasteiger partial charge is 0.382 e. The minimum absolute atomic E-state index is 0.00431. The van der Waals surface area contributed by atoms with E-state index in [2.05, 4.69) is 73.3 Å². The van der Waals surface area contributed by atoms with Crippen LogP contribution in [0, 0.1) is 0 Å². The summed E-state index contributed by atoms with van der Waals surface area (Å²) in [6.07, 6.45) is 3.00. The fourth-order valence-electron chi connectivity index (χ4n) is 5.02. The number of piperidine rings is 1. The van der Waals surface area contributed by atoms with Gasteiger partial charge in [-0.25, -0.2) is 19.1 Å². The molecule has 0 unspecified atom stereocenters. The Kier molecular flexibility index (Phi) is 8.48. The predicted octanol–water partition coefficient (Wildman–Crippen LogP) is 1.43. The minimum Gasteiger partial charge on any atom is -0.382 e. The molecule has 2 aromatic heterocycles. The summed E-state index contributed by atoms with van der Waals surface area (Å²) in [4.78, 5) is 34.6. The molecule has 0 spiro atoms. The van der Waals surface area contributed by atoms with Crippen molar-refractivity contribution < 1.29 is 14.2 Å². The highest BCUT2D eigenvalue weighted by molar-refractivity contribution is 6.29. The summed E-state index contributed by atoms with van der Waals surface area (Å²) in [7, 11) is 0. The first kappa shape index (κ1) is 27.3. The average Bonchev–Trinajstić information content (AvgIpc) is 3.24. The quantitative estimate of drug-likeness (QED) is 0.300. The number of hydrogen-bond acceptors (Lipinski definition) is 7. The maximum absolute atomic E-state index is 12.8. The highest BCUT2D eigenvalue weighted by Crippen LogP contribution is 2.26. The summed E-state index contributed by atoms with van der Waals surface area (Å²) in [6, 6.07) is 6.49. The molecule has 0 atom stereocenters. The van der Waals surface area contributed by atoms with E-state index in [9.17, 15) is 9.59 Å². The molecule has 202 valence electrons. The van der Waals surface area contributed by atoms with Crippen molar-refractivity contribution in [2.24, 2.45) is 5.73 Å². The van der Waals surface area contributed by atoms with E-state index in [0.29, 0.717) is 0 Å². The van der Waals surface area contributed by atoms with Crippen LogP contribution in [-0.2, 0) is 24.4 Å². The van der Waals surface area contributed by atoms with E-state index in [0.717, 1.165) is 67.1 Å². The van der Waals surface area contributed by atoms with Crippen LogP contribution in [0.15, 0.2) is 31.0 Å². The number of halogens is 1. The van der Waals surface area contributed by atoms with E-state index in [4.69, 9.17) is 23.1 Å². The number of fused-ring (bicyclic) bond motifs is 1. The van der Waals surface area contributed by atoms with Gasteiger partial charge in [-0.1, -0.05) is 18.2 Å². The molecule has 0 bridgehead atoms. The number of benzene rings is 1. The van der Waals surface area contributed by atoms with Crippen molar-refractivity contribution in [3.05, 3.63) is 53.2 Å². The Morgan fingerprint density at radius 3 is 2.66 bits per heavy atom. The monoisotopic (exact) mass is 540 g/mol. The van der Waals surface area contributed by atoms with Crippen LogP contribution in [0.2, 0.25) is 5.15 Å². The lowest BCUT2D eigenvalue weighted by Gasteiger charge is -2.35. The van der Waals surface area contributed by atoms with Gasteiger partial charge in [-0.2, -0.15) is 0 Å². The van der Waals surface area contributed by atoms with Gasteiger partial charge in [-0.15, -0.1) is 0 Å². The second kappa shape index (κ2) is 11.8. The van der Waals surface area contributed by atoms with Crippen molar-refractivity contribution in [2.45, 2.75) is 52.4 Å². The number of nitrogens with two attached hydrogens (primary N) is 2. The molecular formula is C26H35ClN9O2+. The second-order valence-corrected chi connectivity index (χ2v) is 9.58. The molecule has 6 N–H and O–H groups in total. The number of aryl methyl sites for hydroxylation is 2. The first-order chi connectivity index (χ1) is 18.3. The van der Waals surface area contributed by atoms with Gasteiger partial charge in [0, 0.05) is 30.4 Å². The number of imidazole rings is 1. The number of carbonyl (C=O) groups is 2. The number of likely N-dealkylation sites (tertiary alicyclic amines) is 1. The SMILES string of the molecule is C=C(c1ccc2c(c1)n(CC)c(CNC(=O)c1nc(Cl)cnc1N)[n+]2CC)N1CCC(NC(=O)CN)CC1. The first-order valence-corrected chi connectivity index (χ1v) is 13.2. The smallest absolute Gasteiger partial charge is 0.277 e. The molecule has 2 amide bonds. The van der Waals surface area contributed by atoms with Crippen LogP contribution in [0.1, 0.15) is 48.6 Å². The summed E-state index contributed by atoms with van der Waals surface area (Å²) in [5.74, 6) is 0.424. The Morgan fingerprint density at radius 2 is 2.00 bits per heavy atom. The zero-order chi connectivity index (χ0) is 27.4. The summed E-state index contributed by atoms with van der Waals surface area (Å²) >= 11 is 5.91. The molecule has 0 radical (unpaired) electrons. The zero-order valence-electron chi connectivity index (χ0n) is 21.8. The maximum atomic E-state index is 12.8. The molecule has 1 aliphatic rings. The normalized spacial score (nSPS) is 14.1. The van der Waals surface area contributed by atoms with E-state index in [1.807, 2.05) is 0 Å². The standard InChI is InChI=1S/C26H34ClN9O2/c1-4-35-19-7-6-17(16(3)34-10-8-18(9-11-34)32-22(37)13-28)12-20(19)36(5-2)23(35)15-31-26(38)24-25(29)30-14-21(27)33-24/h6-7,12,14,18H,3-5,8-11,13,15,28H2,1-2H3,(H3-,29,30,31,32,37,38)/p+1. The molecule has 11 nitrogen and oxygen atoms in total. The van der Waals surface area contributed by atoms with Gasteiger partial charge < -0.3 is 27.0 Å². The number of nitrogens with zero attached hydrogens (tertiary/aromatic N) is 5. The fourth-order valence-corrected chi connectivity index (χ4v) is 5.15. The molecule has 1 aliphatic heterocycles. The Morgan fingerprint density at radius 1 is 1.26 bits per heavy atom. The predicted molar refractivity (Wildman–Crippen MR) is 147 cm³/mol. The number of nitrogens with one attached hydrogen (secondary N) is 2. The molecule has 4 rings (SSSR count). The van der Waals surface area contributed by atoms with Crippen LogP contribution in [0.3, 0.4) is 0 Å². The van der Waals surface area contributed by atoms with Crippen molar-refractivity contribution in [3.8, 4) is 0 Å². The van der Waals surface area contributed by atoms with Crippen molar-refractivity contribution in [1.82, 2.24) is 30.1 Å². The molecule has 3 heterocycles. The fraction of sp³-hybridized carbons (Fsp3) is 0.423. The van der Waals surface area contributed by atoms with E-state index in [1.54, 1.807) is 0 Å². The molecule has 38 heavy (non-hydrogen) atoms. The van der Waals surface area contributed by atoms with Gasteiger partial charge in [-0.05, 0) is 44.9 Å². The summed E-state index contributed by atoms with van der Waals surface area (Å²) < 4.78 is 4.38. The van der Waals surface area contributed by atoms with Gasteiger partial charge in [-0.3, -0.25) is 9.59 Å². The lowest BCUT2D eigenvalue weighted by Crippen LogP contribution is -2.45. The number of nitrogen functional groups attached to an aromatic ring is 1. The van der Waals surface area contributed by atoms with Gasteiger partial charge in [0.2, 0.25) is 5.91 Å². The van der Waals surface area contributed by atoms with E-state index in [-0.39, 0.29) is 41.7 Å². The second-order valence-electron chi connectivity index (χ2n) is 9.20. The molecule has 1 saturated heterocycles. The third-order valence-corrected chi connectivity index (χ3v) is 7.15. The van der Waals surface area contributed by atoms with Crippen LogP contribution < -0.4 is 26.7 Å². The third-order valence-electron chi connectivity index (χ3n) is 6.97. The van der Waals surface area contributed by atoms with Crippen molar-refractivity contribution >= 4 is 46.0 Å². The summed E-state index contributed by atoms with van der Waals surface area (Å²) in [5, 5.41) is 6.01. The van der Waals surface area contributed by atoms with E-state index in [1.165, 1.54) is 6.20 Å². The van der Waals surface area contributed by atoms with Gasteiger partial charge in [0.05, 0.1) is 25.8 Å². The number of hydrogen-bond donors (Lipinski definition) is 4. The topological polar surface area (TPSA) is 148 Å². The molecule has 0 aliphatic carbocycles. The van der Waals surface area contributed by atoms with Crippen LogP contribution in [-0.4, -0.2) is 56.9 Å². The van der Waals surface area contributed by atoms with Crippen molar-refractivity contribution in [2.75, 3.05) is 25.4 Å². The molecule has 0 saturated carbocycles. The number of amides is 2. The Balaban J connectivity index is 1.55. The third kappa shape index (κ3) is 5.58. The summed E-state index contributed by atoms with van der Waals surface area (Å²) in [5.41, 5.74) is 15.4. The van der Waals surface area contributed by atoms with E-state index < -0.39 is 5.91 Å². The van der Waals surface area contributed by atoms with Gasteiger partial charge in [0.25, 0.3) is 11.7 Å². The van der Waals surface area contributed by atoms with Crippen LogP contribution in [0.4, 0.5) is 5.82 Å². The molecular weight excluding hydrogens is 506 g/mol. The van der Waals surface area contributed by atoms with Crippen molar-refractivity contribution in [1.29, 1.82) is 0 Å². The number of anilines is 1. The lowest BCUT2D eigenvalue weighted by atomic mass is 10.0. The number of aromatic nitrogens is 4. The van der Waals surface area contributed by atoms with E-state index >= 15 is 0 Å². The first-order valence-electron chi connectivity index (χ1n) is 12.8. The molecule has 1 fully saturated rings. The average molecular weight is 541 g/mol. The molecule has 12 heteroatoms. The highest BCUT2D eigenvalue weighted by Gasteiger charge is 2.27.